The van der Waals surface area contributed by atoms with Gasteiger partial charge in [0, 0.05) is 74.9 Å². The molecular weight excluding hydrogens is 675 g/mol. The molecule has 0 spiro atoms. The Labute approximate surface area is 309 Å². The van der Waals surface area contributed by atoms with Gasteiger partial charge in [0.05, 0.1) is 18.9 Å². The molecule has 0 N–H and O–H groups in total. The molecule has 11 heteroatoms. The lowest BCUT2D eigenvalue weighted by molar-refractivity contribution is 0.0193. The van der Waals surface area contributed by atoms with E-state index in [1.807, 2.05) is 49.2 Å². The van der Waals surface area contributed by atoms with Crippen molar-refractivity contribution < 1.29 is 23.9 Å². The first-order valence-electron chi connectivity index (χ1n) is 18.4. The van der Waals surface area contributed by atoms with Crippen LogP contribution in [0.5, 0.6) is 5.75 Å². The maximum absolute atomic E-state index is 15.2. The van der Waals surface area contributed by atoms with Gasteiger partial charge in [-0.25, -0.2) is 9.78 Å². The van der Waals surface area contributed by atoms with Crippen LogP contribution in [0.3, 0.4) is 0 Å². The highest BCUT2D eigenvalue weighted by Crippen LogP contribution is 2.37. The van der Waals surface area contributed by atoms with Crippen LogP contribution in [0, 0.1) is 6.92 Å². The van der Waals surface area contributed by atoms with Crippen LogP contribution < -0.4 is 4.74 Å². The minimum Gasteiger partial charge on any atom is -0.410 e. The summed E-state index contributed by atoms with van der Waals surface area (Å²) in [6, 6.07) is 21.5. The van der Waals surface area contributed by atoms with E-state index >= 15 is 4.79 Å². The average molecular weight is 722 g/mol. The molecule has 1 saturated heterocycles. The van der Waals surface area contributed by atoms with Crippen LogP contribution in [0.2, 0.25) is 0 Å². The van der Waals surface area contributed by atoms with Crippen molar-refractivity contribution in [2.45, 2.75) is 58.7 Å². The highest BCUT2D eigenvalue weighted by atomic mass is 32.1. The lowest BCUT2D eigenvalue weighted by Crippen LogP contribution is -2.52. The molecular formula is C41H47N5O5S. The van der Waals surface area contributed by atoms with E-state index < -0.39 is 6.09 Å². The second-order valence-electron chi connectivity index (χ2n) is 14.0. The molecule has 0 saturated carbocycles. The van der Waals surface area contributed by atoms with Crippen molar-refractivity contribution in [1.29, 1.82) is 0 Å². The number of hydrogen-bond donors (Lipinski definition) is 0. The first-order valence-corrected chi connectivity index (χ1v) is 19.2. The minimum atomic E-state index is -0.419. The van der Waals surface area contributed by atoms with Crippen molar-refractivity contribution in [3.63, 3.8) is 0 Å². The predicted molar refractivity (Wildman–Crippen MR) is 202 cm³/mol. The van der Waals surface area contributed by atoms with Gasteiger partial charge in [0.25, 0.3) is 11.8 Å². The van der Waals surface area contributed by atoms with Crippen molar-refractivity contribution >= 4 is 29.2 Å². The maximum Gasteiger partial charge on any atom is 0.415 e. The molecule has 1 fully saturated rings. The molecule has 0 aliphatic carbocycles. The number of thiazole rings is 1. The average Bonchev–Trinajstić information content (AvgIpc) is 3.57. The fraction of sp³-hybridized carbons (Fsp3) is 0.415. The monoisotopic (exact) mass is 721 g/mol. The summed E-state index contributed by atoms with van der Waals surface area (Å²) in [7, 11) is 1.82. The van der Waals surface area contributed by atoms with Crippen molar-refractivity contribution in [3.8, 4) is 17.0 Å². The van der Waals surface area contributed by atoms with E-state index in [-0.39, 0.29) is 17.9 Å². The Kier molecular flexibility index (Phi) is 11.0. The summed E-state index contributed by atoms with van der Waals surface area (Å²) in [5.41, 5.74) is 6.33. The van der Waals surface area contributed by atoms with E-state index in [0.29, 0.717) is 67.8 Å². The Hall–Kier alpha value is -4.58. The summed E-state index contributed by atoms with van der Waals surface area (Å²) >= 11 is 1.38. The van der Waals surface area contributed by atoms with Gasteiger partial charge in [0.1, 0.15) is 5.75 Å². The van der Waals surface area contributed by atoms with Crippen molar-refractivity contribution in [3.05, 3.63) is 104 Å². The van der Waals surface area contributed by atoms with E-state index in [0.717, 1.165) is 66.0 Å². The van der Waals surface area contributed by atoms with Gasteiger partial charge in [-0.2, -0.15) is 0 Å². The van der Waals surface area contributed by atoms with Gasteiger partial charge < -0.3 is 24.2 Å². The van der Waals surface area contributed by atoms with Crippen LogP contribution in [0.4, 0.5) is 4.79 Å². The Morgan fingerprint density at radius 3 is 2.46 bits per heavy atom. The molecule has 0 unspecified atom stereocenters. The largest absolute Gasteiger partial charge is 0.415 e. The first kappa shape index (κ1) is 35.8. The molecule has 52 heavy (non-hydrogen) atoms. The number of hydrogen-bond acceptors (Lipinski definition) is 8. The topological polar surface area (TPSA) is 95.5 Å². The van der Waals surface area contributed by atoms with Gasteiger partial charge in [0.2, 0.25) is 0 Å². The number of aryl methyl sites for hydroxylation is 1. The van der Waals surface area contributed by atoms with Crippen LogP contribution in [0.25, 0.3) is 11.3 Å². The number of fused-ring (bicyclic) bond motifs is 2. The standard InChI is InChI=1S/C41H47N5O5S/c1-4-5-16-43(3)40(48)38-42-37(28(2)52-38)35-23-30-15-17-45(41(49)51-34-13-7-6-8-14-34)25-32(30)24-36(35)39(47)46-26-31-12-10-9-11-29(31)22-33(46)27-44-18-20-50-21-19-44/h6-14,23-24,33H,4-5,15-22,25-27H2,1-3H3/t33-/m0/s1. The summed E-state index contributed by atoms with van der Waals surface area (Å²) in [6.07, 6.45) is 2.86. The Morgan fingerprint density at radius 1 is 0.942 bits per heavy atom. The highest BCUT2D eigenvalue weighted by Gasteiger charge is 2.35. The van der Waals surface area contributed by atoms with E-state index in [1.54, 1.807) is 21.9 Å². The van der Waals surface area contributed by atoms with Gasteiger partial charge in [0.15, 0.2) is 5.01 Å². The van der Waals surface area contributed by atoms with Crippen LogP contribution in [0.1, 0.15) is 67.1 Å². The molecule has 3 aliphatic heterocycles. The van der Waals surface area contributed by atoms with E-state index in [9.17, 15) is 9.59 Å². The van der Waals surface area contributed by atoms with Gasteiger partial charge in [-0.1, -0.05) is 55.8 Å². The number of para-hydroxylation sites is 1. The molecule has 272 valence electrons. The fourth-order valence-corrected chi connectivity index (χ4v) is 8.34. The predicted octanol–water partition coefficient (Wildman–Crippen LogP) is 6.45. The Bertz CT molecular complexity index is 1920. The third kappa shape index (κ3) is 7.77. The number of rotatable bonds is 9. The number of aromatic nitrogens is 1. The molecule has 3 aromatic carbocycles. The summed E-state index contributed by atoms with van der Waals surface area (Å²) in [5, 5.41) is 0.425. The summed E-state index contributed by atoms with van der Waals surface area (Å²) in [6.45, 7) is 9.85. The molecule has 10 nitrogen and oxygen atoms in total. The quantitative estimate of drug-likeness (QED) is 0.196. The lowest BCUT2D eigenvalue weighted by Gasteiger charge is -2.41. The van der Waals surface area contributed by atoms with Crippen LogP contribution >= 0.6 is 11.3 Å². The summed E-state index contributed by atoms with van der Waals surface area (Å²) in [4.78, 5) is 55.6. The lowest BCUT2D eigenvalue weighted by atomic mass is 9.89. The van der Waals surface area contributed by atoms with E-state index in [2.05, 4.69) is 36.1 Å². The zero-order valence-electron chi connectivity index (χ0n) is 30.3. The van der Waals surface area contributed by atoms with Gasteiger partial charge in [-0.3, -0.25) is 14.5 Å². The Balaban J connectivity index is 1.26. The summed E-state index contributed by atoms with van der Waals surface area (Å²) in [5.74, 6) is 0.310. The second kappa shape index (κ2) is 16.0. The third-order valence-electron chi connectivity index (χ3n) is 10.4. The SMILES string of the molecule is CCCCN(C)C(=O)c1nc(-c2cc3c(cc2C(=O)N2Cc4ccccc4C[C@H]2CN2CCOCC2)CN(C(=O)Oc2ccccc2)CC3)c(C)s1. The van der Waals surface area contributed by atoms with Gasteiger partial charge in [-0.15, -0.1) is 11.3 Å². The number of unbranched alkanes of at least 4 members (excludes halogenated alkanes) is 1. The molecule has 0 radical (unpaired) electrons. The van der Waals surface area contributed by atoms with Crippen LogP contribution in [-0.2, 0) is 30.7 Å². The normalized spacial score (nSPS) is 17.3. The number of benzene rings is 3. The molecule has 0 bridgehead atoms. The number of ether oxygens (including phenoxy) is 2. The van der Waals surface area contributed by atoms with Crippen molar-refractivity contribution in [2.75, 3.05) is 53.0 Å². The van der Waals surface area contributed by atoms with E-state index in [4.69, 9.17) is 14.5 Å². The number of nitrogens with zero attached hydrogens (tertiary/aromatic N) is 5. The van der Waals surface area contributed by atoms with Crippen LogP contribution in [-0.4, -0.2) is 102 Å². The van der Waals surface area contributed by atoms with Gasteiger partial charge in [-0.05, 0) is 72.7 Å². The number of morpholine rings is 1. The smallest absolute Gasteiger partial charge is 0.410 e. The minimum absolute atomic E-state index is 0.0392. The molecule has 4 heterocycles. The zero-order chi connectivity index (χ0) is 36.2. The molecule has 3 aliphatic rings. The summed E-state index contributed by atoms with van der Waals surface area (Å²) < 4.78 is 11.3. The number of amides is 3. The third-order valence-corrected chi connectivity index (χ3v) is 11.4. The van der Waals surface area contributed by atoms with E-state index in [1.165, 1.54) is 16.9 Å². The molecule has 1 atom stereocenters. The maximum atomic E-state index is 15.2. The fourth-order valence-electron chi connectivity index (χ4n) is 7.41. The Morgan fingerprint density at radius 2 is 1.69 bits per heavy atom. The van der Waals surface area contributed by atoms with Gasteiger partial charge >= 0.3 is 6.09 Å². The highest BCUT2D eigenvalue weighted by molar-refractivity contribution is 7.14. The van der Waals surface area contributed by atoms with Crippen molar-refractivity contribution in [1.82, 2.24) is 24.6 Å². The zero-order valence-corrected chi connectivity index (χ0v) is 31.1. The molecule has 7 rings (SSSR count). The van der Waals surface area contributed by atoms with Crippen LogP contribution in [0.15, 0.2) is 66.7 Å². The molecule has 1 aromatic heterocycles. The van der Waals surface area contributed by atoms with Crippen molar-refractivity contribution in [2.24, 2.45) is 0 Å². The first-order chi connectivity index (χ1) is 25.3. The molecule has 3 amide bonds. The second-order valence-corrected chi connectivity index (χ2v) is 15.2. The number of carbonyl (C=O) groups excluding carboxylic acids is 3. The number of carbonyl (C=O) groups is 3. The molecule has 4 aromatic rings.